The Bertz CT molecular complexity index is 878. The molecule has 6 heteroatoms. The molecule has 3 aromatic rings. The number of furan rings is 1. The highest BCUT2D eigenvalue weighted by molar-refractivity contribution is 5.92. The number of carbonyl (C=O) groups is 1. The van der Waals surface area contributed by atoms with E-state index in [0.29, 0.717) is 18.1 Å². The molecule has 3 heterocycles. The van der Waals surface area contributed by atoms with Gasteiger partial charge in [0.2, 0.25) is 5.76 Å². The largest absolute Gasteiger partial charge is 0.461 e. The lowest BCUT2D eigenvalue weighted by atomic mass is 10.0. The van der Waals surface area contributed by atoms with Crippen molar-refractivity contribution in [1.82, 2.24) is 15.4 Å². The van der Waals surface area contributed by atoms with Gasteiger partial charge in [0.1, 0.15) is 0 Å². The number of hydrogen-bond acceptors (Lipinski definition) is 5. The Morgan fingerprint density at radius 2 is 1.96 bits per heavy atom. The molecule has 1 N–H and O–H groups in total. The molecule has 2 aromatic heterocycles. The monoisotopic (exact) mass is 365 g/mol. The molecule has 4 rings (SSSR count). The van der Waals surface area contributed by atoms with E-state index in [-0.39, 0.29) is 17.6 Å². The summed E-state index contributed by atoms with van der Waals surface area (Å²) in [5.74, 6) is 0.754. The zero-order valence-electron chi connectivity index (χ0n) is 15.4. The molecule has 140 valence electrons. The second kappa shape index (κ2) is 7.80. The van der Waals surface area contributed by atoms with Crippen LogP contribution < -0.4 is 5.32 Å². The summed E-state index contributed by atoms with van der Waals surface area (Å²) in [5, 5.41) is 6.89. The molecule has 0 spiro atoms. The predicted molar refractivity (Wildman–Crippen MR) is 101 cm³/mol. The summed E-state index contributed by atoms with van der Waals surface area (Å²) in [4.78, 5) is 15.0. The molecular formula is C21H23N3O3. The average molecular weight is 365 g/mol. The van der Waals surface area contributed by atoms with E-state index in [1.165, 1.54) is 24.0 Å². The van der Waals surface area contributed by atoms with Crippen LogP contribution in [-0.2, 0) is 0 Å². The Labute approximate surface area is 158 Å². The summed E-state index contributed by atoms with van der Waals surface area (Å²) in [6.45, 7) is 4.73. The third-order valence-electron chi connectivity index (χ3n) is 5.01. The van der Waals surface area contributed by atoms with E-state index in [0.717, 1.165) is 13.1 Å². The second-order valence-corrected chi connectivity index (χ2v) is 6.93. The number of rotatable bonds is 6. The van der Waals surface area contributed by atoms with Gasteiger partial charge >= 0.3 is 0 Å². The molecular weight excluding hydrogens is 342 g/mol. The van der Waals surface area contributed by atoms with Crippen molar-refractivity contribution in [2.45, 2.75) is 25.8 Å². The van der Waals surface area contributed by atoms with Gasteiger partial charge < -0.3 is 14.3 Å². The van der Waals surface area contributed by atoms with Crippen LogP contribution in [-0.4, -0.2) is 35.6 Å². The minimum atomic E-state index is -0.243. The minimum absolute atomic E-state index is 0.161. The number of nitrogens with one attached hydrogen (secondary N) is 1. The van der Waals surface area contributed by atoms with Crippen LogP contribution in [0.25, 0.3) is 11.5 Å². The Hall–Kier alpha value is -2.86. The maximum absolute atomic E-state index is 12.5. The molecule has 6 nitrogen and oxygen atoms in total. The Morgan fingerprint density at radius 1 is 1.19 bits per heavy atom. The maximum Gasteiger partial charge on any atom is 0.273 e. The SMILES string of the molecule is Cc1ccc(C(CNC(=O)c2cc(-c3ccco3)on2)N2CCCC2)cc1. The summed E-state index contributed by atoms with van der Waals surface area (Å²) in [6, 6.07) is 13.8. The predicted octanol–water partition coefficient (Wildman–Crippen LogP) is 3.81. The van der Waals surface area contributed by atoms with Crippen LogP contribution in [0, 0.1) is 6.92 Å². The molecule has 1 atom stereocenters. The minimum Gasteiger partial charge on any atom is -0.461 e. The number of likely N-dealkylation sites (tertiary alicyclic amines) is 1. The van der Waals surface area contributed by atoms with Crippen molar-refractivity contribution in [2.75, 3.05) is 19.6 Å². The van der Waals surface area contributed by atoms with Crippen LogP contribution in [0.1, 0.15) is 40.5 Å². The third kappa shape index (κ3) is 3.95. The van der Waals surface area contributed by atoms with Crippen LogP contribution in [0.5, 0.6) is 0 Å². The number of benzene rings is 1. The fourth-order valence-corrected chi connectivity index (χ4v) is 3.50. The van der Waals surface area contributed by atoms with Crippen molar-refractivity contribution >= 4 is 5.91 Å². The smallest absolute Gasteiger partial charge is 0.273 e. The van der Waals surface area contributed by atoms with Crippen molar-refractivity contribution in [2.24, 2.45) is 0 Å². The van der Waals surface area contributed by atoms with E-state index < -0.39 is 0 Å². The fourth-order valence-electron chi connectivity index (χ4n) is 3.50. The van der Waals surface area contributed by atoms with E-state index >= 15 is 0 Å². The van der Waals surface area contributed by atoms with Gasteiger partial charge in [0.25, 0.3) is 5.91 Å². The average Bonchev–Trinajstić information content (AvgIpc) is 3.44. The normalized spacial score (nSPS) is 15.7. The first-order valence-electron chi connectivity index (χ1n) is 9.30. The lowest BCUT2D eigenvalue weighted by Gasteiger charge is -2.28. The van der Waals surface area contributed by atoms with E-state index in [1.807, 2.05) is 0 Å². The zero-order chi connectivity index (χ0) is 18.6. The molecule has 27 heavy (non-hydrogen) atoms. The number of aromatic nitrogens is 1. The molecule has 1 unspecified atom stereocenters. The van der Waals surface area contributed by atoms with E-state index in [9.17, 15) is 4.79 Å². The van der Waals surface area contributed by atoms with Gasteiger partial charge in [-0.2, -0.15) is 0 Å². The quantitative estimate of drug-likeness (QED) is 0.719. The fraction of sp³-hybridized carbons (Fsp3) is 0.333. The van der Waals surface area contributed by atoms with Crippen LogP contribution in [0.3, 0.4) is 0 Å². The van der Waals surface area contributed by atoms with Crippen molar-refractivity contribution in [3.8, 4) is 11.5 Å². The van der Waals surface area contributed by atoms with Crippen molar-refractivity contribution < 1.29 is 13.7 Å². The molecule has 0 aliphatic carbocycles. The van der Waals surface area contributed by atoms with Crippen LogP contribution in [0.4, 0.5) is 0 Å². The van der Waals surface area contributed by atoms with Gasteiger partial charge in [0.15, 0.2) is 11.5 Å². The van der Waals surface area contributed by atoms with Gasteiger partial charge in [-0.15, -0.1) is 0 Å². The number of carbonyl (C=O) groups excluding carboxylic acids is 1. The molecule has 1 fully saturated rings. The Kier molecular flexibility index (Phi) is 5.07. The van der Waals surface area contributed by atoms with E-state index in [1.54, 1.807) is 24.5 Å². The van der Waals surface area contributed by atoms with Crippen LogP contribution >= 0.6 is 0 Å². The molecule has 1 aromatic carbocycles. The number of aryl methyl sites for hydroxylation is 1. The summed E-state index contributed by atoms with van der Waals surface area (Å²) in [7, 11) is 0. The van der Waals surface area contributed by atoms with Gasteiger partial charge in [-0.3, -0.25) is 9.69 Å². The van der Waals surface area contributed by atoms with E-state index in [4.69, 9.17) is 8.94 Å². The molecule has 0 radical (unpaired) electrons. The van der Waals surface area contributed by atoms with Crippen molar-refractivity contribution in [3.63, 3.8) is 0 Å². The highest BCUT2D eigenvalue weighted by atomic mass is 16.5. The van der Waals surface area contributed by atoms with Gasteiger partial charge in [-0.1, -0.05) is 35.0 Å². The molecule has 1 amide bonds. The van der Waals surface area contributed by atoms with Crippen LogP contribution in [0.15, 0.2) is 57.7 Å². The summed E-state index contributed by atoms with van der Waals surface area (Å²) < 4.78 is 10.5. The van der Waals surface area contributed by atoms with Crippen molar-refractivity contribution in [1.29, 1.82) is 0 Å². The first-order chi connectivity index (χ1) is 13.2. The lowest BCUT2D eigenvalue weighted by Crippen LogP contribution is -2.36. The van der Waals surface area contributed by atoms with Gasteiger partial charge in [0, 0.05) is 12.6 Å². The maximum atomic E-state index is 12.5. The summed E-state index contributed by atoms with van der Waals surface area (Å²) >= 11 is 0. The standard InChI is InChI=1S/C21H23N3O3/c1-15-6-8-16(9-7-15)18(24-10-2-3-11-24)14-22-21(25)17-13-20(27-23-17)19-5-4-12-26-19/h4-9,12-13,18H,2-3,10-11,14H2,1H3,(H,22,25). The first kappa shape index (κ1) is 17.5. The number of nitrogens with zero attached hydrogens (tertiary/aromatic N) is 2. The van der Waals surface area contributed by atoms with Crippen LogP contribution in [0.2, 0.25) is 0 Å². The molecule has 1 aliphatic heterocycles. The topological polar surface area (TPSA) is 71.5 Å². The highest BCUT2D eigenvalue weighted by Gasteiger charge is 2.24. The molecule has 1 aliphatic rings. The van der Waals surface area contributed by atoms with Gasteiger partial charge in [-0.25, -0.2) is 0 Å². The molecule has 1 saturated heterocycles. The second-order valence-electron chi connectivity index (χ2n) is 6.93. The number of hydrogen-bond donors (Lipinski definition) is 1. The van der Waals surface area contributed by atoms with Crippen molar-refractivity contribution in [3.05, 3.63) is 65.5 Å². The van der Waals surface area contributed by atoms with E-state index in [2.05, 4.69) is 46.6 Å². The highest BCUT2D eigenvalue weighted by Crippen LogP contribution is 2.25. The molecule has 0 bridgehead atoms. The summed E-state index contributed by atoms with van der Waals surface area (Å²) in [5.41, 5.74) is 2.71. The Balaban J connectivity index is 1.45. The zero-order valence-corrected chi connectivity index (χ0v) is 15.4. The van der Waals surface area contributed by atoms with Gasteiger partial charge in [-0.05, 0) is 50.6 Å². The molecule has 0 saturated carbocycles. The summed E-state index contributed by atoms with van der Waals surface area (Å²) in [6.07, 6.45) is 3.96. The van der Waals surface area contributed by atoms with Gasteiger partial charge in [0.05, 0.1) is 12.3 Å². The Morgan fingerprint density at radius 3 is 2.67 bits per heavy atom. The third-order valence-corrected chi connectivity index (χ3v) is 5.01. The first-order valence-corrected chi connectivity index (χ1v) is 9.30. The lowest BCUT2D eigenvalue weighted by molar-refractivity contribution is 0.0929. The number of amides is 1.